The molecule has 4 aliphatic rings. The van der Waals surface area contributed by atoms with E-state index in [9.17, 15) is 0 Å². The Morgan fingerprint density at radius 2 is 1.83 bits per heavy atom. The molecule has 1 nitrogen and oxygen atoms in total. The molecule has 3 saturated carbocycles. The molecule has 24 heavy (non-hydrogen) atoms. The van der Waals surface area contributed by atoms with E-state index in [2.05, 4.69) is 38.8 Å². The van der Waals surface area contributed by atoms with Gasteiger partial charge in [0.25, 0.3) is 0 Å². The van der Waals surface area contributed by atoms with Crippen molar-refractivity contribution in [2.45, 2.75) is 72.6 Å². The molecule has 0 amide bonds. The van der Waals surface area contributed by atoms with Crippen molar-refractivity contribution in [3.63, 3.8) is 0 Å². The van der Waals surface area contributed by atoms with Crippen molar-refractivity contribution < 1.29 is 0 Å². The third-order valence-corrected chi connectivity index (χ3v) is 8.85. The maximum absolute atomic E-state index is 4.49. The number of fused-ring (bicyclic) bond motifs is 3. The first-order valence-electron chi connectivity index (χ1n) is 10.6. The fourth-order valence-corrected chi connectivity index (χ4v) is 6.98. The number of aliphatic imine (C=N–C) groups is 1. The summed E-state index contributed by atoms with van der Waals surface area (Å²) >= 11 is 0. The molecule has 0 heterocycles. The zero-order chi connectivity index (χ0) is 17.1. The van der Waals surface area contributed by atoms with E-state index in [-0.39, 0.29) is 0 Å². The topological polar surface area (TPSA) is 12.4 Å². The summed E-state index contributed by atoms with van der Waals surface area (Å²) < 4.78 is 0. The zero-order valence-electron chi connectivity index (χ0n) is 16.5. The number of nitrogens with zero attached hydrogens (tertiary/aromatic N) is 1. The van der Waals surface area contributed by atoms with Crippen molar-refractivity contribution in [3.8, 4) is 0 Å². The Morgan fingerprint density at radius 1 is 1.08 bits per heavy atom. The molecule has 3 fully saturated rings. The summed E-state index contributed by atoms with van der Waals surface area (Å²) in [7, 11) is 1.97. The van der Waals surface area contributed by atoms with Gasteiger partial charge in [0.2, 0.25) is 0 Å². The molecule has 1 heteroatoms. The SMILES string of the molecule is C/N=C1/C=C2CCC3C(CCC(C)(C(C)C)C3C3CC3C)C2CC1. The zero-order valence-corrected chi connectivity index (χ0v) is 16.5. The minimum Gasteiger partial charge on any atom is -0.293 e. The molecule has 0 bridgehead atoms. The summed E-state index contributed by atoms with van der Waals surface area (Å²) in [6, 6.07) is 0. The molecule has 0 aromatic heterocycles. The quantitative estimate of drug-likeness (QED) is 0.577. The van der Waals surface area contributed by atoms with Gasteiger partial charge in [0.1, 0.15) is 0 Å². The second-order valence-corrected chi connectivity index (χ2v) is 10.0. The van der Waals surface area contributed by atoms with Crippen LogP contribution < -0.4 is 0 Å². The van der Waals surface area contributed by atoms with Crippen LogP contribution in [0.25, 0.3) is 0 Å². The van der Waals surface area contributed by atoms with Crippen molar-refractivity contribution in [1.29, 1.82) is 0 Å². The fraction of sp³-hybridized carbons (Fsp3) is 0.870. The Hall–Kier alpha value is -0.590. The Labute approximate surface area is 149 Å². The van der Waals surface area contributed by atoms with Gasteiger partial charge in [-0.3, -0.25) is 4.99 Å². The monoisotopic (exact) mass is 327 g/mol. The van der Waals surface area contributed by atoms with Crippen molar-refractivity contribution in [3.05, 3.63) is 11.6 Å². The molecule has 4 aliphatic carbocycles. The molecule has 0 spiro atoms. The van der Waals surface area contributed by atoms with Crippen LogP contribution in [0.3, 0.4) is 0 Å². The molecule has 0 aromatic carbocycles. The lowest BCUT2D eigenvalue weighted by Gasteiger charge is -2.57. The summed E-state index contributed by atoms with van der Waals surface area (Å²) in [5.41, 5.74) is 3.71. The Morgan fingerprint density at radius 3 is 2.46 bits per heavy atom. The standard InChI is InChI=1S/C23H37N/c1-14(2)23(4)11-10-19-18-9-7-17(24-5)13-16(18)6-8-20(19)22(23)21-12-15(21)3/h13-15,18-22H,6-12H2,1-5H3/b24-17+. The largest absolute Gasteiger partial charge is 0.293 e. The number of hydrogen-bond acceptors (Lipinski definition) is 1. The molecule has 0 radical (unpaired) electrons. The van der Waals surface area contributed by atoms with Gasteiger partial charge in [0, 0.05) is 12.8 Å². The van der Waals surface area contributed by atoms with Gasteiger partial charge in [-0.25, -0.2) is 0 Å². The third-order valence-electron chi connectivity index (χ3n) is 8.85. The van der Waals surface area contributed by atoms with E-state index in [4.69, 9.17) is 0 Å². The molecule has 134 valence electrons. The van der Waals surface area contributed by atoms with E-state index < -0.39 is 0 Å². The molecule has 0 N–H and O–H groups in total. The molecular weight excluding hydrogens is 290 g/mol. The van der Waals surface area contributed by atoms with Crippen LogP contribution in [0.4, 0.5) is 0 Å². The van der Waals surface area contributed by atoms with E-state index in [0.717, 1.165) is 41.4 Å². The van der Waals surface area contributed by atoms with E-state index in [1.807, 2.05) is 7.05 Å². The van der Waals surface area contributed by atoms with Crippen LogP contribution >= 0.6 is 0 Å². The number of hydrogen-bond donors (Lipinski definition) is 0. The highest BCUT2D eigenvalue weighted by Gasteiger charge is 2.57. The van der Waals surface area contributed by atoms with Crippen LogP contribution in [0, 0.1) is 46.8 Å². The molecule has 0 aromatic rings. The van der Waals surface area contributed by atoms with Gasteiger partial charge in [-0.1, -0.05) is 33.3 Å². The van der Waals surface area contributed by atoms with Crippen LogP contribution in [0.1, 0.15) is 72.6 Å². The van der Waals surface area contributed by atoms with Crippen LogP contribution in [-0.4, -0.2) is 12.8 Å². The summed E-state index contributed by atoms with van der Waals surface area (Å²) in [5.74, 6) is 6.73. The molecule has 7 unspecified atom stereocenters. The van der Waals surface area contributed by atoms with Gasteiger partial charge in [-0.2, -0.15) is 0 Å². The molecule has 4 rings (SSSR count). The van der Waals surface area contributed by atoms with Gasteiger partial charge < -0.3 is 0 Å². The molecular formula is C23H37N. The first-order valence-corrected chi connectivity index (χ1v) is 10.6. The summed E-state index contributed by atoms with van der Waals surface area (Å²) in [6.45, 7) is 10.2. The minimum absolute atomic E-state index is 0.586. The Bertz CT molecular complexity index is 556. The smallest absolute Gasteiger partial charge is 0.0344 e. The first kappa shape index (κ1) is 16.9. The maximum atomic E-state index is 4.49. The van der Waals surface area contributed by atoms with Gasteiger partial charge >= 0.3 is 0 Å². The number of rotatable bonds is 2. The fourth-order valence-electron chi connectivity index (χ4n) is 6.98. The van der Waals surface area contributed by atoms with Crippen LogP contribution in [-0.2, 0) is 0 Å². The minimum atomic E-state index is 0.586. The van der Waals surface area contributed by atoms with Crippen molar-refractivity contribution in [2.24, 2.45) is 51.8 Å². The van der Waals surface area contributed by atoms with Gasteiger partial charge in [0.15, 0.2) is 0 Å². The van der Waals surface area contributed by atoms with Crippen molar-refractivity contribution >= 4 is 5.71 Å². The van der Waals surface area contributed by atoms with Crippen LogP contribution in [0.2, 0.25) is 0 Å². The average molecular weight is 328 g/mol. The van der Waals surface area contributed by atoms with E-state index in [1.165, 1.54) is 50.7 Å². The molecule has 0 aliphatic heterocycles. The Kier molecular flexibility index (Phi) is 4.21. The normalized spacial score (nSPS) is 49.6. The average Bonchev–Trinajstić information content (AvgIpc) is 3.29. The van der Waals surface area contributed by atoms with Crippen LogP contribution in [0.5, 0.6) is 0 Å². The lowest BCUT2D eigenvalue weighted by Crippen LogP contribution is -2.49. The first-order chi connectivity index (χ1) is 11.5. The van der Waals surface area contributed by atoms with E-state index in [1.54, 1.807) is 5.57 Å². The predicted molar refractivity (Wildman–Crippen MR) is 103 cm³/mol. The lowest BCUT2D eigenvalue weighted by atomic mass is 9.48. The highest BCUT2D eigenvalue weighted by atomic mass is 14.7. The van der Waals surface area contributed by atoms with Gasteiger partial charge in [-0.15, -0.1) is 0 Å². The number of allylic oxidation sites excluding steroid dienone is 2. The lowest BCUT2D eigenvalue weighted by molar-refractivity contribution is -0.0600. The summed E-state index contributed by atoms with van der Waals surface area (Å²) in [4.78, 5) is 4.49. The second-order valence-electron chi connectivity index (χ2n) is 10.0. The second kappa shape index (κ2) is 5.99. The Balaban J connectivity index is 1.64. The van der Waals surface area contributed by atoms with Crippen molar-refractivity contribution in [1.82, 2.24) is 0 Å². The summed E-state index contributed by atoms with van der Waals surface area (Å²) in [6.07, 6.45) is 12.4. The van der Waals surface area contributed by atoms with E-state index >= 15 is 0 Å². The van der Waals surface area contributed by atoms with E-state index in [0.29, 0.717) is 5.41 Å². The van der Waals surface area contributed by atoms with Gasteiger partial charge in [-0.05, 0) is 97.9 Å². The highest BCUT2D eigenvalue weighted by Crippen LogP contribution is 2.65. The maximum Gasteiger partial charge on any atom is 0.0344 e. The van der Waals surface area contributed by atoms with Crippen molar-refractivity contribution in [2.75, 3.05) is 7.05 Å². The third kappa shape index (κ3) is 2.53. The highest BCUT2D eigenvalue weighted by molar-refractivity contribution is 5.96. The van der Waals surface area contributed by atoms with Gasteiger partial charge in [0.05, 0.1) is 0 Å². The predicted octanol–water partition coefficient (Wildman–Crippen LogP) is 6.15. The molecule has 7 atom stereocenters. The summed E-state index contributed by atoms with van der Waals surface area (Å²) in [5, 5.41) is 0. The molecule has 0 saturated heterocycles. The van der Waals surface area contributed by atoms with Crippen LogP contribution in [0.15, 0.2) is 16.6 Å².